The van der Waals surface area contributed by atoms with Crippen LogP contribution >= 0.6 is 0 Å². The van der Waals surface area contributed by atoms with Crippen molar-refractivity contribution in [3.8, 4) is 17.6 Å². The van der Waals surface area contributed by atoms with E-state index in [1.165, 1.54) is 0 Å². The molecule has 114 valence electrons. The van der Waals surface area contributed by atoms with Crippen molar-refractivity contribution in [2.45, 2.75) is 18.3 Å². The van der Waals surface area contributed by atoms with E-state index in [-0.39, 0.29) is 18.6 Å². The van der Waals surface area contributed by atoms with Gasteiger partial charge in [0, 0.05) is 17.5 Å². The largest absolute Gasteiger partial charge is 0.454 e. The Kier molecular flexibility index (Phi) is 3.20. The van der Waals surface area contributed by atoms with Crippen LogP contribution in [0.4, 0.5) is 0 Å². The molecule has 2 unspecified atom stereocenters. The Hall–Kier alpha value is -2.93. The Labute approximate surface area is 134 Å². The van der Waals surface area contributed by atoms with Gasteiger partial charge in [-0.25, -0.2) is 0 Å². The van der Waals surface area contributed by atoms with Crippen molar-refractivity contribution in [1.29, 1.82) is 5.26 Å². The van der Waals surface area contributed by atoms with Crippen LogP contribution < -0.4 is 15.2 Å². The van der Waals surface area contributed by atoms with Gasteiger partial charge in [0.1, 0.15) is 0 Å². The van der Waals surface area contributed by atoms with E-state index in [0.29, 0.717) is 11.3 Å². The second-order valence-corrected chi connectivity index (χ2v) is 5.85. The molecule has 0 bridgehead atoms. The third-order valence-corrected chi connectivity index (χ3v) is 4.63. The summed E-state index contributed by atoms with van der Waals surface area (Å²) in [5, 5.41) is 9.58. The Bertz CT molecular complexity index is 821. The van der Waals surface area contributed by atoms with Crippen molar-refractivity contribution in [2.75, 3.05) is 6.79 Å². The van der Waals surface area contributed by atoms with Crippen molar-refractivity contribution in [2.24, 2.45) is 5.73 Å². The lowest BCUT2D eigenvalue weighted by Gasteiger charge is -2.14. The van der Waals surface area contributed by atoms with Gasteiger partial charge in [-0.3, -0.25) is 0 Å². The van der Waals surface area contributed by atoms with Crippen LogP contribution in [0.25, 0.3) is 0 Å². The highest BCUT2D eigenvalue weighted by molar-refractivity contribution is 5.52. The summed E-state index contributed by atoms with van der Waals surface area (Å²) in [6, 6.07) is 18.3. The highest BCUT2D eigenvalue weighted by Gasteiger charge is 2.34. The average Bonchev–Trinajstić information content (AvgIpc) is 3.18. The molecule has 4 heteroatoms. The molecule has 2 N–H and O–H groups in total. The fraction of sp³-hybridized carbons (Fsp3) is 0.211. The summed E-state index contributed by atoms with van der Waals surface area (Å²) in [6.45, 7) is 0.249. The molecule has 0 amide bonds. The lowest BCUT2D eigenvalue weighted by molar-refractivity contribution is 0.174. The predicted octanol–water partition coefficient (Wildman–Crippen LogP) is 3.42. The zero-order valence-electron chi connectivity index (χ0n) is 12.5. The molecule has 1 heterocycles. The molecule has 0 saturated carbocycles. The zero-order chi connectivity index (χ0) is 15.8. The number of allylic oxidation sites excluding steroid dienone is 2. The number of fused-ring (bicyclic) bond motifs is 1. The molecule has 4 nitrogen and oxygen atoms in total. The molecular formula is C19H16N2O2. The number of ether oxygens (including phenoxy) is 2. The first kappa shape index (κ1) is 13.7. The molecule has 2 atom stereocenters. The van der Waals surface area contributed by atoms with Crippen LogP contribution in [0.3, 0.4) is 0 Å². The molecule has 1 aliphatic carbocycles. The normalized spacial score (nSPS) is 22.2. The van der Waals surface area contributed by atoms with Crippen molar-refractivity contribution in [1.82, 2.24) is 0 Å². The second kappa shape index (κ2) is 5.36. The molecule has 0 fully saturated rings. The molecule has 0 saturated heterocycles. The lowest BCUT2D eigenvalue weighted by atomic mass is 9.89. The summed E-state index contributed by atoms with van der Waals surface area (Å²) in [7, 11) is 0. The molecule has 4 rings (SSSR count). The second-order valence-electron chi connectivity index (χ2n) is 5.85. The maximum absolute atomic E-state index is 9.58. The van der Waals surface area contributed by atoms with Crippen molar-refractivity contribution in [3.63, 3.8) is 0 Å². The number of nitriles is 1. The topological polar surface area (TPSA) is 68.3 Å². The van der Waals surface area contributed by atoms with Gasteiger partial charge in [0.25, 0.3) is 0 Å². The van der Waals surface area contributed by atoms with E-state index in [1.54, 1.807) is 0 Å². The van der Waals surface area contributed by atoms with Gasteiger partial charge in [0.2, 0.25) is 6.79 Å². The summed E-state index contributed by atoms with van der Waals surface area (Å²) >= 11 is 0. The zero-order valence-corrected chi connectivity index (χ0v) is 12.5. The Balaban J connectivity index is 1.72. The highest BCUT2D eigenvalue weighted by atomic mass is 16.7. The minimum atomic E-state index is -0.000272. The fourth-order valence-corrected chi connectivity index (χ4v) is 3.45. The number of nitrogens with zero attached hydrogens (tertiary/aromatic N) is 1. The standard InChI is InChI=1S/C19H16N2O2/c20-10-16-14(13-6-7-17-18(8-13)23-11-22-17)9-15(19(16)21)12-4-2-1-3-5-12/h1-8,14-15H,9,11,21H2. The van der Waals surface area contributed by atoms with Gasteiger partial charge in [-0.05, 0) is 29.7 Å². The quantitative estimate of drug-likeness (QED) is 0.923. The van der Waals surface area contributed by atoms with E-state index < -0.39 is 0 Å². The van der Waals surface area contributed by atoms with Gasteiger partial charge in [-0.1, -0.05) is 36.4 Å². The van der Waals surface area contributed by atoms with Gasteiger partial charge in [0.15, 0.2) is 11.5 Å². The van der Waals surface area contributed by atoms with E-state index in [4.69, 9.17) is 15.2 Å². The van der Waals surface area contributed by atoms with Gasteiger partial charge >= 0.3 is 0 Å². The van der Waals surface area contributed by atoms with Crippen LogP contribution in [0, 0.1) is 11.3 Å². The predicted molar refractivity (Wildman–Crippen MR) is 85.9 cm³/mol. The highest BCUT2D eigenvalue weighted by Crippen LogP contribution is 2.47. The minimum Gasteiger partial charge on any atom is -0.454 e. The molecule has 2 aliphatic rings. The van der Waals surface area contributed by atoms with Crippen molar-refractivity contribution < 1.29 is 9.47 Å². The van der Waals surface area contributed by atoms with Crippen LogP contribution in [0.1, 0.15) is 29.4 Å². The van der Waals surface area contributed by atoms with Gasteiger partial charge in [-0.15, -0.1) is 0 Å². The molecular weight excluding hydrogens is 288 g/mol. The fourth-order valence-electron chi connectivity index (χ4n) is 3.45. The first-order chi connectivity index (χ1) is 11.3. The number of rotatable bonds is 2. The third-order valence-electron chi connectivity index (χ3n) is 4.63. The first-order valence-corrected chi connectivity index (χ1v) is 7.62. The van der Waals surface area contributed by atoms with E-state index in [1.807, 2.05) is 36.4 Å². The van der Waals surface area contributed by atoms with Gasteiger partial charge in [-0.2, -0.15) is 5.26 Å². The molecule has 23 heavy (non-hydrogen) atoms. The van der Waals surface area contributed by atoms with Gasteiger partial charge < -0.3 is 15.2 Å². The average molecular weight is 304 g/mol. The van der Waals surface area contributed by atoms with Crippen molar-refractivity contribution >= 4 is 0 Å². The maximum atomic E-state index is 9.58. The smallest absolute Gasteiger partial charge is 0.231 e. The molecule has 2 aromatic carbocycles. The van der Waals surface area contributed by atoms with Crippen LogP contribution in [0.2, 0.25) is 0 Å². The van der Waals surface area contributed by atoms with Crippen molar-refractivity contribution in [3.05, 3.63) is 70.9 Å². The Morgan fingerprint density at radius 1 is 0.957 bits per heavy atom. The molecule has 0 radical (unpaired) electrons. The number of benzene rings is 2. The van der Waals surface area contributed by atoms with Gasteiger partial charge in [0.05, 0.1) is 11.6 Å². The van der Waals surface area contributed by atoms with E-state index in [2.05, 4.69) is 18.2 Å². The number of hydrogen-bond donors (Lipinski definition) is 1. The van der Waals surface area contributed by atoms with Crippen LogP contribution in [-0.4, -0.2) is 6.79 Å². The molecule has 2 aromatic rings. The Morgan fingerprint density at radius 3 is 2.52 bits per heavy atom. The summed E-state index contributed by atoms with van der Waals surface area (Å²) in [6.07, 6.45) is 0.804. The SMILES string of the molecule is N#CC1=C(N)C(c2ccccc2)CC1c1ccc2c(c1)OCO2. The number of hydrogen-bond acceptors (Lipinski definition) is 4. The van der Waals surface area contributed by atoms with Crippen LogP contribution in [-0.2, 0) is 0 Å². The van der Waals surface area contributed by atoms with Crippen LogP contribution in [0.5, 0.6) is 11.5 Å². The lowest BCUT2D eigenvalue weighted by Crippen LogP contribution is -2.06. The number of nitrogens with two attached hydrogens (primary N) is 1. The summed E-state index contributed by atoms with van der Waals surface area (Å²) < 4.78 is 10.8. The monoisotopic (exact) mass is 304 g/mol. The van der Waals surface area contributed by atoms with Crippen LogP contribution in [0.15, 0.2) is 59.8 Å². The Morgan fingerprint density at radius 2 is 1.74 bits per heavy atom. The summed E-state index contributed by atoms with van der Waals surface area (Å²) in [5.41, 5.74) is 9.86. The minimum absolute atomic E-state index is 0.000272. The van der Waals surface area contributed by atoms with E-state index >= 15 is 0 Å². The third kappa shape index (κ3) is 2.22. The van der Waals surface area contributed by atoms with E-state index in [9.17, 15) is 5.26 Å². The summed E-state index contributed by atoms with van der Waals surface area (Å²) in [4.78, 5) is 0. The molecule has 0 spiro atoms. The maximum Gasteiger partial charge on any atom is 0.231 e. The molecule has 1 aliphatic heterocycles. The van der Waals surface area contributed by atoms with E-state index in [0.717, 1.165) is 29.0 Å². The summed E-state index contributed by atoms with van der Waals surface area (Å²) in [5.74, 6) is 1.57. The first-order valence-electron chi connectivity index (χ1n) is 7.62. The molecule has 0 aromatic heterocycles.